The van der Waals surface area contributed by atoms with Crippen LogP contribution in [-0.4, -0.2) is 31.1 Å². The molecule has 154 valence electrons. The van der Waals surface area contributed by atoms with E-state index in [2.05, 4.69) is 17.4 Å². The molecule has 7 nitrogen and oxygen atoms in total. The van der Waals surface area contributed by atoms with Gasteiger partial charge in [0.2, 0.25) is 0 Å². The fourth-order valence-corrected chi connectivity index (χ4v) is 2.44. The van der Waals surface area contributed by atoms with Gasteiger partial charge in [-0.2, -0.15) is 5.26 Å². The van der Waals surface area contributed by atoms with Crippen molar-refractivity contribution in [3.63, 3.8) is 0 Å². The number of ether oxygens (including phenoxy) is 3. The van der Waals surface area contributed by atoms with Gasteiger partial charge in [0.1, 0.15) is 19.0 Å². The zero-order chi connectivity index (χ0) is 21.8. The van der Waals surface area contributed by atoms with Crippen LogP contribution in [0.1, 0.15) is 24.8 Å². The maximum absolute atomic E-state index is 11.9. The molecule has 0 aliphatic heterocycles. The summed E-state index contributed by atoms with van der Waals surface area (Å²) in [6.07, 6.45) is 1.43. The number of nitrogens with zero attached hydrogens (tertiary/aromatic N) is 1. The van der Waals surface area contributed by atoms with Crippen molar-refractivity contribution >= 4 is 17.9 Å². The van der Waals surface area contributed by atoms with Gasteiger partial charge >= 0.3 is 17.9 Å². The molecule has 0 amide bonds. The van der Waals surface area contributed by atoms with Gasteiger partial charge < -0.3 is 14.2 Å². The van der Waals surface area contributed by atoms with Crippen molar-refractivity contribution in [1.82, 2.24) is 0 Å². The molecule has 0 unspecified atom stereocenters. The summed E-state index contributed by atoms with van der Waals surface area (Å²) in [6, 6.07) is 16.3. The Morgan fingerprint density at radius 3 is 2.03 bits per heavy atom. The van der Waals surface area contributed by atoms with Crippen LogP contribution in [0.2, 0.25) is 0 Å². The van der Waals surface area contributed by atoms with Gasteiger partial charge in [0, 0.05) is 18.9 Å². The largest absolute Gasteiger partial charge is 0.462 e. The van der Waals surface area contributed by atoms with E-state index in [1.807, 2.05) is 24.3 Å². The molecule has 0 atom stereocenters. The van der Waals surface area contributed by atoms with Crippen LogP contribution < -0.4 is 4.74 Å². The van der Waals surface area contributed by atoms with Gasteiger partial charge in [-0.05, 0) is 41.8 Å². The summed E-state index contributed by atoms with van der Waals surface area (Å²) in [6.45, 7) is 3.16. The van der Waals surface area contributed by atoms with Crippen molar-refractivity contribution in [1.29, 1.82) is 5.26 Å². The smallest absolute Gasteiger partial charge is 0.330 e. The number of rotatable bonds is 10. The lowest BCUT2D eigenvalue weighted by atomic mass is 10.0. The minimum Gasteiger partial charge on any atom is -0.462 e. The van der Waals surface area contributed by atoms with E-state index in [0.717, 1.165) is 17.2 Å². The molecule has 0 aliphatic carbocycles. The van der Waals surface area contributed by atoms with E-state index in [1.165, 1.54) is 0 Å². The standard InChI is InChI=1S/C23H21NO6/c1-2-21(25)28-14-15-29-22(26)4-3-5-23(27)30-20-12-10-19(11-13-20)18-8-6-17(16-24)7-9-18/h2,6-13H,1,3-5,14-15H2. The molecular weight excluding hydrogens is 386 g/mol. The normalized spacial score (nSPS) is 9.83. The lowest BCUT2D eigenvalue weighted by molar-refractivity contribution is -0.149. The van der Waals surface area contributed by atoms with Gasteiger partial charge in [-0.1, -0.05) is 30.8 Å². The second-order valence-corrected chi connectivity index (χ2v) is 6.13. The second kappa shape index (κ2) is 11.8. The molecule has 0 bridgehead atoms. The summed E-state index contributed by atoms with van der Waals surface area (Å²) >= 11 is 0. The lowest BCUT2D eigenvalue weighted by Crippen LogP contribution is -2.13. The van der Waals surface area contributed by atoms with Crippen LogP contribution in [0.15, 0.2) is 61.2 Å². The van der Waals surface area contributed by atoms with Crippen molar-refractivity contribution < 1.29 is 28.6 Å². The highest BCUT2D eigenvalue weighted by Gasteiger charge is 2.09. The van der Waals surface area contributed by atoms with Gasteiger partial charge in [-0.3, -0.25) is 9.59 Å². The van der Waals surface area contributed by atoms with Gasteiger partial charge in [0.05, 0.1) is 11.6 Å². The molecule has 0 aromatic heterocycles. The van der Waals surface area contributed by atoms with Crippen LogP contribution in [0.4, 0.5) is 0 Å². The zero-order valence-electron chi connectivity index (χ0n) is 16.3. The summed E-state index contributed by atoms with van der Waals surface area (Å²) in [4.78, 5) is 34.3. The first-order chi connectivity index (χ1) is 14.5. The average Bonchev–Trinajstić information content (AvgIpc) is 2.77. The third-order valence-corrected chi connectivity index (χ3v) is 3.95. The van der Waals surface area contributed by atoms with Gasteiger partial charge in [-0.15, -0.1) is 0 Å². The molecular formula is C23H21NO6. The number of carbonyl (C=O) groups is 3. The van der Waals surface area contributed by atoms with Crippen LogP contribution in [0, 0.1) is 11.3 Å². The Kier molecular flexibility index (Phi) is 8.81. The SMILES string of the molecule is C=CC(=O)OCCOC(=O)CCCC(=O)Oc1ccc(-c2ccc(C#N)cc2)cc1. The number of carbonyl (C=O) groups excluding carboxylic acids is 3. The number of benzene rings is 2. The Labute approximate surface area is 174 Å². The highest BCUT2D eigenvalue weighted by Crippen LogP contribution is 2.23. The van der Waals surface area contributed by atoms with E-state index in [-0.39, 0.29) is 32.5 Å². The molecule has 0 radical (unpaired) electrons. The highest BCUT2D eigenvalue weighted by molar-refractivity contribution is 5.81. The number of hydrogen-bond acceptors (Lipinski definition) is 7. The predicted octanol–water partition coefficient (Wildman–Crippen LogP) is 3.57. The molecule has 2 rings (SSSR count). The topological polar surface area (TPSA) is 103 Å². The summed E-state index contributed by atoms with van der Waals surface area (Å²) in [5.74, 6) is -1.11. The van der Waals surface area contributed by atoms with Gasteiger partial charge in [-0.25, -0.2) is 4.79 Å². The average molecular weight is 407 g/mol. The highest BCUT2D eigenvalue weighted by atomic mass is 16.6. The molecule has 2 aromatic rings. The van der Waals surface area contributed by atoms with E-state index in [4.69, 9.17) is 14.7 Å². The summed E-state index contributed by atoms with van der Waals surface area (Å²) in [5.41, 5.74) is 2.47. The van der Waals surface area contributed by atoms with Crippen LogP contribution >= 0.6 is 0 Å². The maximum Gasteiger partial charge on any atom is 0.330 e. The zero-order valence-corrected chi connectivity index (χ0v) is 16.3. The van der Waals surface area contributed by atoms with Crippen molar-refractivity contribution in [3.05, 3.63) is 66.7 Å². The van der Waals surface area contributed by atoms with Crippen molar-refractivity contribution in [2.45, 2.75) is 19.3 Å². The first kappa shape index (κ1) is 22.4. The Bertz CT molecular complexity index is 926. The van der Waals surface area contributed by atoms with E-state index in [0.29, 0.717) is 11.3 Å². The first-order valence-electron chi connectivity index (χ1n) is 9.28. The van der Waals surface area contributed by atoms with Crippen LogP contribution in [0.3, 0.4) is 0 Å². The van der Waals surface area contributed by atoms with Crippen LogP contribution in [-0.2, 0) is 23.9 Å². The van der Waals surface area contributed by atoms with E-state index in [9.17, 15) is 14.4 Å². The van der Waals surface area contributed by atoms with Crippen molar-refractivity contribution in [2.24, 2.45) is 0 Å². The Hall–Kier alpha value is -3.92. The molecule has 30 heavy (non-hydrogen) atoms. The molecule has 0 saturated carbocycles. The fourth-order valence-electron chi connectivity index (χ4n) is 2.44. The molecule has 0 N–H and O–H groups in total. The molecule has 0 heterocycles. The van der Waals surface area contributed by atoms with Crippen molar-refractivity contribution in [2.75, 3.05) is 13.2 Å². The molecule has 2 aromatic carbocycles. The molecule has 0 fully saturated rings. The van der Waals surface area contributed by atoms with Gasteiger partial charge in [0.15, 0.2) is 0 Å². The maximum atomic E-state index is 11.9. The Morgan fingerprint density at radius 2 is 1.43 bits per heavy atom. The predicted molar refractivity (Wildman–Crippen MR) is 108 cm³/mol. The quantitative estimate of drug-likeness (QED) is 0.257. The van der Waals surface area contributed by atoms with E-state index >= 15 is 0 Å². The van der Waals surface area contributed by atoms with Crippen molar-refractivity contribution in [3.8, 4) is 22.9 Å². The molecule has 0 spiro atoms. The third kappa shape index (κ3) is 7.60. The number of hydrogen-bond donors (Lipinski definition) is 0. The monoisotopic (exact) mass is 407 g/mol. The third-order valence-electron chi connectivity index (χ3n) is 3.95. The van der Waals surface area contributed by atoms with Gasteiger partial charge in [0.25, 0.3) is 0 Å². The molecule has 0 aliphatic rings. The summed E-state index contributed by atoms with van der Waals surface area (Å²) in [5, 5.41) is 8.84. The lowest BCUT2D eigenvalue weighted by Gasteiger charge is -2.07. The Balaban J connectivity index is 1.69. The molecule has 7 heteroatoms. The minimum atomic E-state index is -0.585. The second-order valence-electron chi connectivity index (χ2n) is 6.13. The van der Waals surface area contributed by atoms with Crippen LogP contribution in [0.5, 0.6) is 5.75 Å². The minimum absolute atomic E-state index is 0.0445. The number of nitriles is 1. The van der Waals surface area contributed by atoms with Crippen LogP contribution in [0.25, 0.3) is 11.1 Å². The summed E-state index contributed by atoms with van der Waals surface area (Å²) < 4.78 is 14.8. The van der Waals surface area contributed by atoms with E-state index in [1.54, 1.807) is 24.3 Å². The van der Waals surface area contributed by atoms with E-state index < -0.39 is 17.9 Å². The number of esters is 3. The Morgan fingerprint density at radius 1 is 0.867 bits per heavy atom. The fraction of sp³-hybridized carbons (Fsp3) is 0.217. The first-order valence-corrected chi connectivity index (χ1v) is 9.28. The summed E-state index contributed by atoms with van der Waals surface area (Å²) in [7, 11) is 0. The molecule has 0 saturated heterocycles.